The number of nitrogens with zero attached hydrogens (tertiary/aromatic N) is 1. The van der Waals surface area contributed by atoms with Crippen LogP contribution < -0.4 is 5.32 Å². The van der Waals surface area contributed by atoms with Crippen LogP contribution in [-0.2, 0) is 17.9 Å². The van der Waals surface area contributed by atoms with E-state index in [0.717, 1.165) is 37.1 Å². The molecule has 1 aliphatic carbocycles. The highest BCUT2D eigenvalue weighted by atomic mass is 16.5. The molecule has 4 nitrogen and oxygen atoms in total. The van der Waals surface area contributed by atoms with Crippen molar-refractivity contribution in [2.75, 3.05) is 20.2 Å². The Morgan fingerprint density at radius 1 is 1.47 bits per heavy atom. The van der Waals surface area contributed by atoms with E-state index in [0.29, 0.717) is 12.6 Å². The fourth-order valence-corrected chi connectivity index (χ4v) is 2.04. The highest BCUT2D eigenvalue weighted by Gasteiger charge is 2.25. The number of furan rings is 1. The van der Waals surface area contributed by atoms with Crippen molar-refractivity contribution in [3.8, 4) is 0 Å². The quantitative estimate of drug-likeness (QED) is 0.696. The highest BCUT2D eigenvalue weighted by molar-refractivity contribution is 5.15. The molecule has 0 unspecified atom stereocenters. The molecule has 0 radical (unpaired) electrons. The summed E-state index contributed by atoms with van der Waals surface area (Å²) in [6, 6.07) is 3.27. The molecule has 0 saturated heterocycles. The molecule has 1 aromatic rings. The third-order valence-corrected chi connectivity index (χ3v) is 3.52. The fraction of sp³-hybridized carbons (Fsp3) is 0.733. The summed E-state index contributed by atoms with van der Waals surface area (Å²) in [6.07, 6.45) is 4.44. The molecule has 0 aliphatic heterocycles. The number of hydrogen-bond donors (Lipinski definition) is 1. The molecule has 108 valence electrons. The zero-order chi connectivity index (χ0) is 13.7. The Labute approximate surface area is 116 Å². The van der Waals surface area contributed by atoms with Gasteiger partial charge >= 0.3 is 0 Å². The van der Waals surface area contributed by atoms with Gasteiger partial charge in [-0.05, 0) is 26.0 Å². The topological polar surface area (TPSA) is 37.6 Å². The van der Waals surface area contributed by atoms with Crippen LogP contribution in [0.5, 0.6) is 0 Å². The smallest absolute Gasteiger partial charge is 0.123 e. The van der Waals surface area contributed by atoms with E-state index >= 15 is 0 Å². The normalized spacial score (nSPS) is 15.6. The van der Waals surface area contributed by atoms with Gasteiger partial charge in [0.05, 0.1) is 26.0 Å². The van der Waals surface area contributed by atoms with Gasteiger partial charge in [0.1, 0.15) is 5.76 Å². The maximum absolute atomic E-state index is 5.74. The van der Waals surface area contributed by atoms with Crippen LogP contribution in [-0.4, -0.2) is 37.2 Å². The standard InChI is InChI=1S/C15H26N2O2/c1-12(2)16-10-15-13(6-8-19-15)11-18-9-7-17(3)14-4-5-14/h6,8,12,14,16H,4-5,7,9-11H2,1-3H3. The van der Waals surface area contributed by atoms with Gasteiger partial charge in [-0.15, -0.1) is 0 Å². The Morgan fingerprint density at radius 3 is 2.95 bits per heavy atom. The number of hydrogen-bond acceptors (Lipinski definition) is 4. The van der Waals surface area contributed by atoms with E-state index in [1.165, 1.54) is 12.8 Å². The molecule has 1 N–H and O–H groups in total. The zero-order valence-electron chi connectivity index (χ0n) is 12.3. The van der Waals surface area contributed by atoms with Crippen molar-refractivity contribution in [3.63, 3.8) is 0 Å². The molecule has 0 spiro atoms. The molecular weight excluding hydrogens is 240 g/mol. The van der Waals surface area contributed by atoms with Gasteiger partial charge in [-0.3, -0.25) is 0 Å². The minimum Gasteiger partial charge on any atom is -0.468 e. The van der Waals surface area contributed by atoms with Gasteiger partial charge in [-0.25, -0.2) is 0 Å². The van der Waals surface area contributed by atoms with Crippen LogP contribution in [0.1, 0.15) is 38.0 Å². The first kappa shape index (κ1) is 14.6. The summed E-state index contributed by atoms with van der Waals surface area (Å²) in [5.74, 6) is 0.990. The fourth-order valence-electron chi connectivity index (χ4n) is 2.04. The van der Waals surface area contributed by atoms with Gasteiger partial charge in [-0.2, -0.15) is 0 Å². The Morgan fingerprint density at radius 2 is 2.26 bits per heavy atom. The second kappa shape index (κ2) is 7.08. The molecule has 1 aliphatic rings. The largest absolute Gasteiger partial charge is 0.468 e. The lowest BCUT2D eigenvalue weighted by Gasteiger charge is -2.15. The maximum Gasteiger partial charge on any atom is 0.123 e. The first-order chi connectivity index (χ1) is 9.16. The van der Waals surface area contributed by atoms with Gasteiger partial charge in [0.25, 0.3) is 0 Å². The molecule has 1 heterocycles. The predicted octanol–water partition coefficient (Wildman–Crippen LogP) is 2.39. The van der Waals surface area contributed by atoms with Crippen molar-refractivity contribution in [1.29, 1.82) is 0 Å². The SMILES string of the molecule is CC(C)NCc1occc1COCCN(C)C1CC1. The van der Waals surface area contributed by atoms with Crippen molar-refractivity contribution in [1.82, 2.24) is 10.2 Å². The van der Waals surface area contributed by atoms with Crippen LogP contribution in [0.2, 0.25) is 0 Å². The lowest BCUT2D eigenvalue weighted by atomic mass is 10.2. The molecule has 0 aromatic carbocycles. The van der Waals surface area contributed by atoms with Gasteiger partial charge < -0.3 is 19.4 Å². The molecule has 1 aromatic heterocycles. The van der Waals surface area contributed by atoms with E-state index in [1.54, 1.807) is 6.26 Å². The van der Waals surface area contributed by atoms with E-state index < -0.39 is 0 Å². The summed E-state index contributed by atoms with van der Waals surface area (Å²) in [6.45, 7) is 7.48. The van der Waals surface area contributed by atoms with E-state index in [-0.39, 0.29) is 0 Å². The summed E-state index contributed by atoms with van der Waals surface area (Å²) in [4.78, 5) is 2.39. The van der Waals surface area contributed by atoms with Gasteiger partial charge in [0.15, 0.2) is 0 Å². The third kappa shape index (κ3) is 4.97. The van der Waals surface area contributed by atoms with Crippen LogP contribution in [0.3, 0.4) is 0 Å². The Hall–Kier alpha value is -0.840. The van der Waals surface area contributed by atoms with Crippen LogP contribution in [0.15, 0.2) is 16.7 Å². The minimum atomic E-state index is 0.464. The molecule has 2 rings (SSSR count). The van der Waals surface area contributed by atoms with E-state index in [2.05, 4.69) is 31.1 Å². The average molecular weight is 266 g/mol. The molecule has 1 saturated carbocycles. The number of nitrogens with one attached hydrogen (secondary N) is 1. The molecule has 0 amide bonds. The third-order valence-electron chi connectivity index (χ3n) is 3.52. The van der Waals surface area contributed by atoms with E-state index in [1.807, 2.05) is 6.07 Å². The average Bonchev–Trinajstić information content (AvgIpc) is 3.13. The first-order valence-electron chi connectivity index (χ1n) is 7.23. The van der Waals surface area contributed by atoms with Crippen molar-refractivity contribution in [2.24, 2.45) is 0 Å². The second-order valence-corrected chi connectivity index (χ2v) is 5.67. The summed E-state index contributed by atoms with van der Waals surface area (Å²) in [7, 11) is 2.18. The van der Waals surface area contributed by atoms with Crippen molar-refractivity contribution in [3.05, 3.63) is 23.7 Å². The Balaban J connectivity index is 1.65. The molecule has 1 fully saturated rings. The molecule has 19 heavy (non-hydrogen) atoms. The predicted molar refractivity (Wildman–Crippen MR) is 76.0 cm³/mol. The summed E-state index contributed by atoms with van der Waals surface area (Å²) in [5.41, 5.74) is 1.15. The summed E-state index contributed by atoms with van der Waals surface area (Å²) >= 11 is 0. The van der Waals surface area contributed by atoms with Crippen molar-refractivity contribution < 1.29 is 9.15 Å². The lowest BCUT2D eigenvalue weighted by Crippen LogP contribution is -2.25. The lowest BCUT2D eigenvalue weighted by molar-refractivity contribution is 0.0968. The molecule has 4 heteroatoms. The van der Waals surface area contributed by atoms with Gasteiger partial charge in [0.2, 0.25) is 0 Å². The minimum absolute atomic E-state index is 0.464. The number of ether oxygens (including phenoxy) is 1. The first-order valence-corrected chi connectivity index (χ1v) is 7.23. The molecule has 0 bridgehead atoms. The summed E-state index contributed by atoms with van der Waals surface area (Å²) in [5, 5.41) is 3.36. The van der Waals surface area contributed by atoms with Crippen LogP contribution in [0, 0.1) is 0 Å². The number of likely N-dealkylation sites (N-methyl/N-ethyl adjacent to an activating group) is 1. The van der Waals surface area contributed by atoms with E-state index in [9.17, 15) is 0 Å². The van der Waals surface area contributed by atoms with Gasteiger partial charge in [0, 0.05) is 24.2 Å². The van der Waals surface area contributed by atoms with Crippen molar-refractivity contribution in [2.45, 2.75) is 51.9 Å². The highest BCUT2D eigenvalue weighted by Crippen LogP contribution is 2.24. The Kier molecular flexibility index (Phi) is 5.43. The zero-order valence-corrected chi connectivity index (χ0v) is 12.3. The summed E-state index contributed by atoms with van der Waals surface area (Å²) < 4.78 is 11.2. The van der Waals surface area contributed by atoms with Gasteiger partial charge in [-0.1, -0.05) is 13.8 Å². The molecular formula is C15H26N2O2. The van der Waals surface area contributed by atoms with Crippen LogP contribution >= 0.6 is 0 Å². The van der Waals surface area contributed by atoms with Crippen LogP contribution in [0.25, 0.3) is 0 Å². The van der Waals surface area contributed by atoms with E-state index in [4.69, 9.17) is 9.15 Å². The monoisotopic (exact) mass is 266 g/mol. The van der Waals surface area contributed by atoms with Crippen molar-refractivity contribution >= 4 is 0 Å². The number of rotatable bonds is 9. The second-order valence-electron chi connectivity index (χ2n) is 5.67. The Bertz CT molecular complexity index is 372. The molecule has 0 atom stereocenters. The van der Waals surface area contributed by atoms with Crippen LogP contribution in [0.4, 0.5) is 0 Å². The maximum atomic E-state index is 5.74.